The number of likely N-dealkylation sites (N-methyl/N-ethyl adjacent to an activating group) is 1. The first-order valence-electron chi connectivity index (χ1n) is 6.99. The van der Waals surface area contributed by atoms with E-state index in [-0.39, 0.29) is 18.6 Å². The van der Waals surface area contributed by atoms with Gasteiger partial charge >= 0.3 is 0 Å². The van der Waals surface area contributed by atoms with Crippen molar-refractivity contribution in [2.45, 2.75) is 32.4 Å². The Morgan fingerprint density at radius 2 is 2.35 bits per heavy atom. The minimum Gasteiger partial charge on any atom is -0.395 e. The van der Waals surface area contributed by atoms with Crippen molar-refractivity contribution in [2.75, 3.05) is 27.2 Å². The van der Waals surface area contributed by atoms with E-state index in [0.29, 0.717) is 12.3 Å². The second-order valence-corrected chi connectivity index (χ2v) is 6.63. The summed E-state index contributed by atoms with van der Waals surface area (Å²) in [4.78, 5) is 20.1. The highest BCUT2D eigenvalue weighted by Crippen LogP contribution is 2.25. The molecule has 1 amide bonds. The molecule has 0 spiro atoms. The van der Waals surface area contributed by atoms with Crippen LogP contribution < -0.4 is 0 Å². The Bertz CT molecular complexity index is 461. The zero-order chi connectivity index (χ0) is 14.7. The van der Waals surface area contributed by atoms with Gasteiger partial charge in [-0.2, -0.15) is 0 Å². The summed E-state index contributed by atoms with van der Waals surface area (Å²) in [6.07, 6.45) is 1.50. The van der Waals surface area contributed by atoms with Crippen LogP contribution in [0.1, 0.15) is 24.0 Å². The molecule has 6 heteroatoms. The largest absolute Gasteiger partial charge is 0.395 e. The molecule has 2 rings (SSSR count). The summed E-state index contributed by atoms with van der Waals surface area (Å²) in [7, 11) is 3.52. The van der Waals surface area contributed by atoms with Gasteiger partial charge in [-0.1, -0.05) is 6.92 Å². The SMILES string of the molecule is CC1CCN(Cc2csc(CC(=O)N(C)C)n2)C1CO. The van der Waals surface area contributed by atoms with Crippen molar-refractivity contribution >= 4 is 17.2 Å². The van der Waals surface area contributed by atoms with E-state index in [1.54, 1.807) is 30.3 Å². The van der Waals surface area contributed by atoms with Crippen LogP contribution in [0.4, 0.5) is 0 Å². The third kappa shape index (κ3) is 3.56. The highest BCUT2D eigenvalue weighted by atomic mass is 32.1. The molecule has 5 nitrogen and oxygen atoms in total. The number of amides is 1. The van der Waals surface area contributed by atoms with E-state index in [2.05, 4.69) is 16.8 Å². The van der Waals surface area contributed by atoms with E-state index in [1.165, 1.54) is 0 Å². The van der Waals surface area contributed by atoms with E-state index < -0.39 is 0 Å². The lowest BCUT2D eigenvalue weighted by Gasteiger charge is -2.23. The van der Waals surface area contributed by atoms with Gasteiger partial charge in [0.15, 0.2) is 0 Å². The molecule has 2 heterocycles. The summed E-state index contributed by atoms with van der Waals surface area (Å²) < 4.78 is 0. The van der Waals surface area contributed by atoms with Gasteiger partial charge in [0.2, 0.25) is 5.91 Å². The van der Waals surface area contributed by atoms with Crippen molar-refractivity contribution in [3.63, 3.8) is 0 Å². The Morgan fingerprint density at radius 3 is 3.00 bits per heavy atom. The third-order valence-corrected chi connectivity index (χ3v) is 4.85. The summed E-state index contributed by atoms with van der Waals surface area (Å²) >= 11 is 1.54. The molecule has 2 unspecified atom stereocenters. The quantitative estimate of drug-likeness (QED) is 0.880. The van der Waals surface area contributed by atoms with Crippen LogP contribution in [-0.4, -0.2) is 59.1 Å². The maximum absolute atomic E-state index is 11.7. The molecular formula is C14H23N3O2S. The van der Waals surface area contributed by atoms with Gasteiger partial charge < -0.3 is 10.0 Å². The average molecular weight is 297 g/mol. The van der Waals surface area contributed by atoms with Crippen molar-refractivity contribution in [1.82, 2.24) is 14.8 Å². The van der Waals surface area contributed by atoms with E-state index in [4.69, 9.17) is 0 Å². The summed E-state index contributed by atoms with van der Waals surface area (Å²) in [6.45, 7) is 4.17. The van der Waals surface area contributed by atoms with Gasteiger partial charge in [-0.25, -0.2) is 4.98 Å². The van der Waals surface area contributed by atoms with Crippen LogP contribution in [0.25, 0.3) is 0 Å². The van der Waals surface area contributed by atoms with Crippen LogP contribution in [0.2, 0.25) is 0 Å². The molecule has 1 N–H and O–H groups in total. The molecule has 1 fully saturated rings. The van der Waals surface area contributed by atoms with E-state index >= 15 is 0 Å². The van der Waals surface area contributed by atoms with Gasteiger partial charge in [0, 0.05) is 32.1 Å². The molecule has 1 aliphatic rings. The van der Waals surface area contributed by atoms with E-state index in [0.717, 1.165) is 30.2 Å². The van der Waals surface area contributed by atoms with Crippen LogP contribution in [-0.2, 0) is 17.8 Å². The van der Waals surface area contributed by atoms with Crippen LogP contribution >= 0.6 is 11.3 Å². The Balaban J connectivity index is 1.94. The second-order valence-electron chi connectivity index (χ2n) is 5.68. The van der Waals surface area contributed by atoms with Crippen molar-refractivity contribution < 1.29 is 9.90 Å². The molecule has 2 atom stereocenters. The van der Waals surface area contributed by atoms with Crippen molar-refractivity contribution in [3.8, 4) is 0 Å². The molecular weight excluding hydrogens is 274 g/mol. The first-order chi connectivity index (χ1) is 9.51. The second kappa shape index (κ2) is 6.65. The first kappa shape index (κ1) is 15.4. The molecule has 0 bridgehead atoms. The monoisotopic (exact) mass is 297 g/mol. The normalized spacial score (nSPS) is 23.2. The van der Waals surface area contributed by atoms with Crippen LogP contribution in [0.15, 0.2) is 5.38 Å². The molecule has 20 heavy (non-hydrogen) atoms. The highest BCUT2D eigenvalue weighted by Gasteiger charge is 2.30. The van der Waals surface area contributed by atoms with Gasteiger partial charge in [-0.05, 0) is 18.9 Å². The summed E-state index contributed by atoms with van der Waals surface area (Å²) in [6, 6.07) is 0.239. The first-order valence-corrected chi connectivity index (χ1v) is 7.87. The van der Waals surface area contributed by atoms with Gasteiger partial charge in [0.1, 0.15) is 5.01 Å². The van der Waals surface area contributed by atoms with Crippen molar-refractivity contribution in [2.24, 2.45) is 5.92 Å². The predicted molar refractivity (Wildman–Crippen MR) is 79.6 cm³/mol. The summed E-state index contributed by atoms with van der Waals surface area (Å²) in [5.41, 5.74) is 1.00. The number of carbonyl (C=O) groups is 1. The number of hydrogen-bond donors (Lipinski definition) is 1. The van der Waals surface area contributed by atoms with Crippen LogP contribution in [0, 0.1) is 5.92 Å². The number of rotatable bonds is 5. The van der Waals surface area contributed by atoms with Gasteiger partial charge in [0.05, 0.1) is 18.7 Å². The minimum atomic E-state index is 0.0777. The molecule has 1 aromatic heterocycles. The molecule has 1 aromatic rings. The summed E-state index contributed by atoms with van der Waals surface area (Å²) in [5, 5.41) is 12.4. The molecule has 0 saturated carbocycles. The average Bonchev–Trinajstić information content (AvgIpc) is 2.97. The standard InChI is InChI=1S/C14H23N3O2S/c1-10-4-5-17(12(10)8-18)7-11-9-20-13(15-11)6-14(19)16(2)3/h9-10,12,18H,4-8H2,1-3H3. The Hall–Kier alpha value is -0.980. The molecule has 0 aliphatic carbocycles. The Kier molecular flexibility index (Phi) is 5.12. The van der Waals surface area contributed by atoms with Gasteiger partial charge in [0.25, 0.3) is 0 Å². The number of thiazole rings is 1. The zero-order valence-corrected chi connectivity index (χ0v) is 13.2. The lowest BCUT2D eigenvalue weighted by atomic mass is 10.0. The molecule has 1 saturated heterocycles. The van der Waals surface area contributed by atoms with Crippen molar-refractivity contribution in [3.05, 3.63) is 16.1 Å². The van der Waals surface area contributed by atoms with E-state index in [9.17, 15) is 9.90 Å². The van der Waals surface area contributed by atoms with Gasteiger partial charge in [-0.3, -0.25) is 9.69 Å². The number of aromatic nitrogens is 1. The lowest BCUT2D eigenvalue weighted by molar-refractivity contribution is -0.127. The fourth-order valence-electron chi connectivity index (χ4n) is 2.58. The number of hydrogen-bond acceptors (Lipinski definition) is 5. The number of carbonyl (C=O) groups excluding carboxylic acids is 1. The maximum Gasteiger partial charge on any atom is 0.228 e. The summed E-state index contributed by atoms with van der Waals surface area (Å²) in [5.74, 6) is 0.613. The number of aliphatic hydroxyl groups is 1. The highest BCUT2D eigenvalue weighted by molar-refractivity contribution is 7.09. The third-order valence-electron chi connectivity index (χ3n) is 3.95. The fraction of sp³-hybridized carbons (Fsp3) is 0.714. The molecule has 0 aromatic carbocycles. The Labute approximate surface area is 124 Å². The Morgan fingerprint density at radius 1 is 1.60 bits per heavy atom. The van der Waals surface area contributed by atoms with Crippen LogP contribution in [0.3, 0.4) is 0 Å². The van der Waals surface area contributed by atoms with Gasteiger partial charge in [-0.15, -0.1) is 11.3 Å². The smallest absolute Gasteiger partial charge is 0.228 e. The number of likely N-dealkylation sites (tertiary alicyclic amines) is 1. The molecule has 0 radical (unpaired) electrons. The lowest BCUT2D eigenvalue weighted by Crippen LogP contribution is -2.34. The number of nitrogens with zero attached hydrogens (tertiary/aromatic N) is 3. The fourth-order valence-corrected chi connectivity index (χ4v) is 3.35. The minimum absolute atomic E-state index is 0.0777. The zero-order valence-electron chi connectivity index (χ0n) is 12.4. The van der Waals surface area contributed by atoms with E-state index in [1.807, 2.05) is 5.38 Å². The number of aliphatic hydroxyl groups excluding tert-OH is 1. The van der Waals surface area contributed by atoms with Crippen molar-refractivity contribution in [1.29, 1.82) is 0 Å². The topological polar surface area (TPSA) is 56.7 Å². The van der Waals surface area contributed by atoms with Crippen LogP contribution in [0.5, 0.6) is 0 Å². The molecule has 112 valence electrons. The molecule has 1 aliphatic heterocycles. The predicted octanol–water partition coefficient (Wildman–Crippen LogP) is 0.977. The maximum atomic E-state index is 11.7.